The molecule has 0 aliphatic heterocycles. The maximum Gasteiger partial charge on any atom is 0.00325 e. The highest BCUT2D eigenvalue weighted by atomic mass is 14.4. The molecule has 3 rings (SSSR count). The highest BCUT2D eigenvalue weighted by Gasteiger charge is 2.32. The Hall–Kier alpha value is -1.04. The zero-order valence-electron chi connectivity index (χ0n) is 7.25. The van der Waals surface area contributed by atoms with Gasteiger partial charge in [-0.15, -0.1) is 0 Å². The Morgan fingerprint density at radius 3 is 2.83 bits per heavy atom. The highest BCUT2D eigenvalue weighted by molar-refractivity contribution is 5.50. The molecule has 1 aromatic carbocycles. The van der Waals surface area contributed by atoms with Crippen LogP contribution in [0.5, 0.6) is 0 Å². The van der Waals surface area contributed by atoms with Crippen LogP contribution in [0.4, 0.5) is 0 Å². The molecule has 0 fully saturated rings. The van der Waals surface area contributed by atoms with E-state index in [9.17, 15) is 0 Å². The smallest absolute Gasteiger partial charge is 0.00325 e. The summed E-state index contributed by atoms with van der Waals surface area (Å²) in [4.78, 5) is 0. The lowest BCUT2D eigenvalue weighted by atomic mass is 9.93. The predicted octanol–water partition coefficient (Wildman–Crippen LogP) is 3.14. The van der Waals surface area contributed by atoms with Gasteiger partial charge in [0.05, 0.1) is 0 Å². The lowest BCUT2D eigenvalue weighted by Crippen LogP contribution is -1.94. The quantitative estimate of drug-likeness (QED) is 0.506. The molecule has 0 radical (unpaired) electrons. The van der Waals surface area contributed by atoms with E-state index in [0.29, 0.717) is 0 Å². The van der Waals surface area contributed by atoms with Crippen molar-refractivity contribution in [2.24, 2.45) is 0 Å². The highest BCUT2D eigenvalue weighted by Crippen LogP contribution is 2.49. The van der Waals surface area contributed by atoms with Gasteiger partial charge in [-0.25, -0.2) is 0 Å². The second-order valence-corrected chi connectivity index (χ2v) is 3.91. The molecule has 0 aromatic heterocycles. The van der Waals surface area contributed by atoms with E-state index in [-0.39, 0.29) is 0 Å². The van der Waals surface area contributed by atoms with Crippen LogP contribution in [0, 0.1) is 6.92 Å². The Kier molecular flexibility index (Phi) is 1.08. The van der Waals surface area contributed by atoms with Crippen LogP contribution in [0.3, 0.4) is 0 Å². The van der Waals surface area contributed by atoms with Gasteiger partial charge < -0.3 is 0 Å². The monoisotopic (exact) mass is 156 g/mol. The van der Waals surface area contributed by atoms with Crippen LogP contribution in [-0.2, 0) is 0 Å². The largest absolute Gasteiger partial charge is 0.0804 e. The maximum atomic E-state index is 2.38. The molecule has 2 atom stereocenters. The third-order valence-corrected chi connectivity index (χ3v) is 3.21. The Morgan fingerprint density at radius 2 is 2.00 bits per heavy atom. The molecular weight excluding hydrogens is 144 g/mol. The molecule has 0 heterocycles. The van der Waals surface area contributed by atoms with Crippen molar-refractivity contribution in [3.05, 3.63) is 47.0 Å². The molecule has 1 aromatic rings. The van der Waals surface area contributed by atoms with Gasteiger partial charge in [0, 0.05) is 11.8 Å². The molecular formula is C12H12. The number of hydrogen-bond donors (Lipinski definition) is 0. The van der Waals surface area contributed by atoms with Gasteiger partial charge in [0.15, 0.2) is 0 Å². The molecule has 60 valence electrons. The Bertz CT molecular complexity index is 360. The van der Waals surface area contributed by atoms with Gasteiger partial charge in [-0.05, 0) is 30.0 Å². The molecule has 0 amide bonds. The Balaban J connectivity index is 2.30. The van der Waals surface area contributed by atoms with Crippen LogP contribution in [0.2, 0.25) is 0 Å². The number of hydrogen-bond acceptors (Lipinski definition) is 0. The fraction of sp³-hybridized carbons (Fsp3) is 0.333. The van der Waals surface area contributed by atoms with Gasteiger partial charge in [0.2, 0.25) is 0 Å². The summed E-state index contributed by atoms with van der Waals surface area (Å²) in [5.41, 5.74) is 4.68. The molecule has 2 bridgehead atoms. The zero-order chi connectivity index (χ0) is 8.13. The van der Waals surface area contributed by atoms with Crippen molar-refractivity contribution < 1.29 is 0 Å². The van der Waals surface area contributed by atoms with E-state index in [4.69, 9.17) is 0 Å². The van der Waals surface area contributed by atoms with Crippen molar-refractivity contribution in [1.29, 1.82) is 0 Å². The molecule has 2 aliphatic carbocycles. The van der Waals surface area contributed by atoms with Crippen molar-refractivity contribution in [3.8, 4) is 0 Å². The van der Waals surface area contributed by atoms with Gasteiger partial charge in [0.1, 0.15) is 0 Å². The van der Waals surface area contributed by atoms with Crippen molar-refractivity contribution >= 4 is 0 Å². The third kappa shape index (κ3) is 0.632. The SMILES string of the molecule is Cc1cccc2c1[C@@H]1C=C[C@H]2C1. The van der Waals surface area contributed by atoms with Crippen LogP contribution in [-0.4, -0.2) is 0 Å². The van der Waals surface area contributed by atoms with Crippen LogP contribution in [0.1, 0.15) is 34.9 Å². The molecule has 0 saturated carbocycles. The maximum absolute atomic E-state index is 2.38. The second-order valence-electron chi connectivity index (χ2n) is 3.91. The summed E-state index contributed by atoms with van der Waals surface area (Å²) in [7, 11) is 0. The lowest BCUT2D eigenvalue weighted by molar-refractivity contribution is 0.803. The van der Waals surface area contributed by atoms with E-state index < -0.39 is 0 Å². The lowest BCUT2D eigenvalue weighted by Gasteiger charge is -2.12. The summed E-state index contributed by atoms with van der Waals surface area (Å²) >= 11 is 0. The van der Waals surface area contributed by atoms with E-state index in [2.05, 4.69) is 37.3 Å². The zero-order valence-corrected chi connectivity index (χ0v) is 7.25. The van der Waals surface area contributed by atoms with E-state index in [1.165, 1.54) is 12.0 Å². The van der Waals surface area contributed by atoms with Gasteiger partial charge in [-0.1, -0.05) is 30.4 Å². The Morgan fingerprint density at radius 1 is 1.17 bits per heavy atom. The van der Waals surface area contributed by atoms with Crippen LogP contribution in [0.15, 0.2) is 30.4 Å². The molecule has 0 nitrogen and oxygen atoms in total. The van der Waals surface area contributed by atoms with Crippen LogP contribution < -0.4 is 0 Å². The molecule has 0 spiro atoms. The fourth-order valence-corrected chi connectivity index (χ4v) is 2.68. The fourth-order valence-electron chi connectivity index (χ4n) is 2.68. The first-order chi connectivity index (χ1) is 5.86. The predicted molar refractivity (Wildman–Crippen MR) is 50.4 cm³/mol. The Labute approximate surface area is 72.9 Å². The van der Waals surface area contributed by atoms with Gasteiger partial charge in [-0.3, -0.25) is 0 Å². The summed E-state index contributed by atoms with van der Waals surface area (Å²) < 4.78 is 0. The van der Waals surface area contributed by atoms with Crippen molar-refractivity contribution in [3.63, 3.8) is 0 Å². The average Bonchev–Trinajstić information content (AvgIpc) is 2.64. The third-order valence-electron chi connectivity index (χ3n) is 3.21. The van der Waals surface area contributed by atoms with Crippen molar-refractivity contribution in [2.75, 3.05) is 0 Å². The summed E-state index contributed by atoms with van der Waals surface area (Å²) in [5.74, 6) is 1.48. The minimum absolute atomic E-state index is 0.741. The summed E-state index contributed by atoms with van der Waals surface area (Å²) in [6.07, 6.45) is 6.08. The minimum Gasteiger partial charge on any atom is -0.0804 e. The molecule has 0 N–H and O–H groups in total. The van der Waals surface area contributed by atoms with Crippen molar-refractivity contribution in [2.45, 2.75) is 25.2 Å². The molecule has 0 unspecified atom stereocenters. The number of benzene rings is 1. The first kappa shape index (κ1) is 6.47. The van der Waals surface area contributed by atoms with Gasteiger partial charge >= 0.3 is 0 Å². The number of allylic oxidation sites excluding steroid dienone is 2. The van der Waals surface area contributed by atoms with E-state index >= 15 is 0 Å². The molecule has 0 saturated heterocycles. The first-order valence-corrected chi connectivity index (χ1v) is 4.64. The normalized spacial score (nSPS) is 29.4. The standard InChI is InChI=1S/C12H12/c1-8-3-2-4-11-9-5-6-10(7-9)12(8)11/h2-6,9-10H,7H2,1H3/t9-,10+/m0/s1. The summed E-state index contributed by atoms with van der Waals surface area (Å²) in [6.45, 7) is 2.23. The first-order valence-electron chi connectivity index (χ1n) is 4.64. The number of rotatable bonds is 0. The average molecular weight is 156 g/mol. The molecule has 12 heavy (non-hydrogen) atoms. The van der Waals surface area contributed by atoms with Crippen LogP contribution in [0.25, 0.3) is 0 Å². The number of aryl methyl sites for hydroxylation is 1. The summed E-state index contributed by atoms with van der Waals surface area (Å²) in [6, 6.07) is 6.70. The van der Waals surface area contributed by atoms with Crippen LogP contribution >= 0.6 is 0 Å². The molecule has 2 aliphatic rings. The topological polar surface area (TPSA) is 0 Å². The second kappa shape index (κ2) is 2.01. The van der Waals surface area contributed by atoms with E-state index in [1.54, 1.807) is 11.1 Å². The van der Waals surface area contributed by atoms with E-state index in [0.717, 1.165) is 11.8 Å². The number of fused-ring (bicyclic) bond motifs is 5. The summed E-state index contributed by atoms with van der Waals surface area (Å²) in [5, 5.41) is 0. The van der Waals surface area contributed by atoms with Gasteiger partial charge in [-0.2, -0.15) is 0 Å². The van der Waals surface area contributed by atoms with Crippen molar-refractivity contribution in [1.82, 2.24) is 0 Å². The molecule has 0 heteroatoms. The van der Waals surface area contributed by atoms with Gasteiger partial charge in [0.25, 0.3) is 0 Å². The minimum atomic E-state index is 0.741. The van der Waals surface area contributed by atoms with E-state index in [1.807, 2.05) is 0 Å².